The van der Waals surface area contributed by atoms with Crippen LogP contribution in [0.5, 0.6) is 0 Å². The molecular formula is C10H14BrNO. The van der Waals surface area contributed by atoms with Gasteiger partial charge in [-0.3, -0.25) is 5.32 Å². The molecule has 2 atom stereocenters. The molecule has 0 radical (unpaired) electrons. The van der Waals surface area contributed by atoms with Gasteiger partial charge in [0.2, 0.25) is 0 Å². The third kappa shape index (κ3) is 3.89. The Bertz CT molecular complexity index is 238. The summed E-state index contributed by atoms with van der Waals surface area (Å²) in [5.41, 5.74) is 1.22. The molecule has 1 aromatic carbocycles. The average Bonchev–Trinajstić information content (AvgIpc) is 2.15. The van der Waals surface area contributed by atoms with Crippen molar-refractivity contribution < 1.29 is 5.11 Å². The van der Waals surface area contributed by atoms with Crippen LogP contribution in [0.3, 0.4) is 0 Å². The molecule has 72 valence electrons. The number of aliphatic hydroxyl groups is 1. The molecule has 0 aromatic heterocycles. The third-order valence-corrected chi connectivity index (χ3v) is 2.86. The van der Waals surface area contributed by atoms with Gasteiger partial charge in [-0.1, -0.05) is 46.3 Å². The van der Waals surface area contributed by atoms with Gasteiger partial charge in [-0.05, 0) is 12.5 Å². The van der Waals surface area contributed by atoms with Gasteiger partial charge >= 0.3 is 0 Å². The summed E-state index contributed by atoms with van der Waals surface area (Å²) in [7, 11) is 0. The van der Waals surface area contributed by atoms with Gasteiger partial charge in [-0.15, -0.1) is 0 Å². The van der Waals surface area contributed by atoms with E-state index < -0.39 is 0 Å². The van der Waals surface area contributed by atoms with Crippen LogP contribution in [0.2, 0.25) is 0 Å². The van der Waals surface area contributed by atoms with Crippen molar-refractivity contribution in [3.63, 3.8) is 0 Å². The largest absolute Gasteiger partial charge is 0.391 e. The van der Waals surface area contributed by atoms with Gasteiger partial charge in [0.05, 0.1) is 11.1 Å². The van der Waals surface area contributed by atoms with E-state index >= 15 is 0 Å². The number of aliphatic hydroxyl groups excluding tert-OH is 1. The van der Waals surface area contributed by atoms with Crippen LogP contribution in [0.4, 0.5) is 0 Å². The molecule has 3 heteroatoms. The third-order valence-electron chi connectivity index (χ3n) is 1.77. The molecule has 0 saturated carbocycles. The Morgan fingerprint density at radius 3 is 2.54 bits per heavy atom. The fourth-order valence-electron chi connectivity index (χ4n) is 0.982. The van der Waals surface area contributed by atoms with Gasteiger partial charge in [0, 0.05) is 6.54 Å². The molecule has 0 aliphatic rings. The van der Waals surface area contributed by atoms with E-state index in [0.29, 0.717) is 0 Å². The SMILES string of the molecule is CC(O)C(Br)NCc1ccccc1. The predicted molar refractivity (Wildman–Crippen MR) is 57.7 cm³/mol. The van der Waals surface area contributed by atoms with E-state index in [1.165, 1.54) is 5.56 Å². The lowest BCUT2D eigenvalue weighted by atomic mass is 10.2. The van der Waals surface area contributed by atoms with Crippen molar-refractivity contribution in [2.75, 3.05) is 0 Å². The highest BCUT2D eigenvalue weighted by Crippen LogP contribution is 2.04. The molecule has 2 unspecified atom stereocenters. The van der Waals surface area contributed by atoms with E-state index in [2.05, 4.69) is 33.4 Å². The maximum atomic E-state index is 9.19. The first-order chi connectivity index (χ1) is 6.20. The number of hydrogen-bond donors (Lipinski definition) is 2. The summed E-state index contributed by atoms with van der Waals surface area (Å²) < 4.78 is 0. The molecule has 0 aliphatic carbocycles. The molecule has 2 N–H and O–H groups in total. The normalized spacial score (nSPS) is 15.3. The quantitative estimate of drug-likeness (QED) is 0.626. The van der Waals surface area contributed by atoms with Crippen molar-refractivity contribution >= 4 is 15.9 Å². The summed E-state index contributed by atoms with van der Waals surface area (Å²) in [6.07, 6.45) is -0.385. The predicted octanol–water partition coefficient (Wildman–Crippen LogP) is 1.88. The summed E-state index contributed by atoms with van der Waals surface area (Å²) in [5, 5.41) is 12.4. The molecule has 1 rings (SSSR count). The van der Waals surface area contributed by atoms with Gasteiger partial charge in [0.1, 0.15) is 0 Å². The molecule has 0 aliphatic heterocycles. The smallest absolute Gasteiger partial charge is 0.0893 e. The average molecular weight is 244 g/mol. The maximum absolute atomic E-state index is 9.19. The summed E-state index contributed by atoms with van der Waals surface area (Å²) >= 11 is 3.34. The standard InChI is InChI=1S/C10H14BrNO/c1-8(13)10(11)12-7-9-5-3-2-4-6-9/h2-6,8,10,12-13H,7H2,1H3. The van der Waals surface area contributed by atoms with E-state index in [9.17, 15) is 5.11 Å². The first kappa shape index (κ1) is 10.7. The number of halogens is 1. The lowest BCUT2D eigenvalue weighted by Crippen LogP contribution is -2.32. The maximum Gasteiger partial charge on any atom is 0.0893 e. The van der Waals surface area contributed by atoms with E-state index in [0.717, 1.165) is 6.54 Å². The highest BCUT2D eigenvalue weighted by Gasteiger charge is 2.08. The number of rotatable bonds is 4. The van der Waals surface area contributed by atoms with Crippen LogP contribution in [0.25, 0.3) is 0 Å². The minimum absolute atomic E-state index is 0.0484. The van der Waals surface area contributed by atoms with Crippen molar-refractivity contribution in [2.45, 2.75) is 24.5 Å². The molecule has 0 saturated heterocycles. The Hall–Kier alpha value is -0.380. The van der Waals surface area contributed by atoms with Crippen molar-refractivity contribution in [2.24, 2.45) is 0 Å². The van der Waals surface area contributed by atoms with Crippen LogP contribution in [0.1, 0.15) is 12.5 Å². The Morgan fingerprint density at radius 2 is 2.00 bits per heavy atom. The molecular weight excluding hydrogens is 230 g/mol. The molecule has 0 bridgehead atoms. The number of alkyl halides is 1. The molecule has 0 amide bonds. The minimum Gasteiger partial charge on any atom is -0.391 e. The molecule has 0 fully saturated rings. The molecule has 13 heavy (non-hydrogen) atoms. The first-order valence-electron chi connectivity index (χ1n) is 4.29. The lowest BCUT2D eigenvalue weighted by Gasteiger charge is -2.14. The van der Waals surface area contributed by atoms with Crippen molar-refractivity contribution in [3.8, 4) is 0 Å². The Balaban J connectivity index is 2.35. The zero-order valence-electron chi connectivity index (χ0n) is 7.57. The summed E-state index contributed by atoms with van der Waals surface area (Å²) in [4.78, 5) is -0.0484. The van der Waals surface area contributed by atoms with Crippen LogP contribution < -0.4 is 5.32 Å². The van der Waals surface area contributed by atoms with E-state index in [1.807, 2.05) is 18.2 Å². The minimum atomic E-state index is -0.385. The summed E-state index contributed by atoms with van der Waals surface area (Å²) in [5.74, 6) is 0. The van der Waals surface area contributed by atoms with Crippen molar-refractivity contribution in [1.82, 2.24) is 5.32 Å². The molecule has 2 nitrogen and oxygen atoms in total. The fraction of sp³-hybridized carbons (Fsp3) is 0.400. The van der Waals surface area contributed by atoms with Crippen LogP contribution in [0, 0.1) is 0 Å². The lowest BCUT2D eigenvalue weighted by molar-refractivity contribution is 0.181. The monoisotopic (exact) mass is 243 g/mol. The number of nitrogens with one attached hydrogen (secondary N) is 1. The second-order valence-corrected chi connectivity index (χ2v) is 4.00. The zero-order valence-corrected chi connectivity index (χ0v) is 9.16. The van der Waals surface area contributed by atoms with E-state index in [1.54, 1.807) is 6.92 Å². The Labute approximate surface area is 87.1 Å². The highest BCUT2D eigenvalue weighted by molar-refractivity contribution is 9.09. The molecule has 0 heterocycles. The fourth-order valence-corrected chi connectivity index (χ4v) is 1.14. The van der Waals surface area contributed by atoms with Gasteiger partial charge in [-0.2, -0.15) is 0 Å². The van der Waals surface area contributed by atoms with Gasteiger partial charge < -0.3 is 5.11 Å². The van der Waals surface area contributed by atoms with Crippen LogP contribution in [0.15, 0.2) is 30.3 Å². The van der Waals surface area contributed by atoms with E-state index in [-0.39, 0.29) is 11.1 Å². The Morgan fingerprint density at radius 1 is 1.38 bits per heavy atom. The zero-order chi connectivity index (χ0) is 9.68. The number of hydrogen-bond acceptors (Lipinski definition) is 2. The van der Waals surface area contributed by atoms with Gasteiger partial charge in [0.15, 0.2) is 0 Å². The van der Waals surface area contributed by atoms with Crippen molar-refractivity contribution in [1.29, 1.82) is 0 Å². The summed E-state index contributed by atoms with van der Waals surface area (Å²) in [6.45, 7) is 2.51. The molecule has 0 spiro atoms. The second kappa shape index (κ2) is 5.37. The van der Waals surface area contributed by atoms with Crippen LogP contribution >= 0.6 is 15.9 Å². The van der Waals surface area contributed by atoms with Crippen molar-refractivity contribution in [3.05, 3.63) is 35.9 Å². The topological polar surface area (TPSA) is 32.3 Å². The number of benzene rings is 1. The highest BCUT2D eigenvalue weighted by atomic mass is 79.9. The van der Waals surface area contributed by atoms with Gasteiger partial charge in [0.25, 0.3) is 0 Å². The van der Waals surface area contributed by atoms with Crippen LogP contribution in [-0.4, -0.2) is 16.2 Å². The van der Waals surface area contributed by atoms with Crippen LogP contribution in [-0.2, 0) is 6.54 Å². The van der Waals surface area contributed by atoms with Gasteiger partial charge in [-0.25, -0.2) is 0 Å². The molecule has 1 aromatic rings. The Kier molecular flexibility index (Phi) is 4.42. The second-order valence-electron chi connectivity index (χ2n) is 3.01. The first-order valence-corrected chi connectivity index (χ1v) is 5.21. The summed E-state index contributed by atoms with van der Waals surface area (Å²) in [6, 6.07) is 10.1. The van der Waals surface area contributed by atoms with E-state index in [4.69, 9.17) is 0 Å².